The summed E-state index contributed by atoms with van der Waals surface area (Å²) in [6.45, 7) is 5.14. The molecule has 2 rings (SSSR count). The van der Waals surface area contributed by atoms with E-state index in [1.165, 1.54) is 0 Å². The number of amides is 1. The number of nitrogens with zero attached hydrogens (tertiary/aromatic N) is 2. The van der Waals surface area contributed by atoms with Crippen LogP contribution in [0.25, 0.3) is 0 Å². The average Bonchev–Trinajstić information content (AvgIpc) is 2.82. The minimum Gasteiger partial charge on any atom is -0.347 e. The Kier molecular flexibility index (Phi) is 4.30. The van der Waals surface area contributed by atoms with Crippen LogP contribution in [0.3, 0.4) is 0 Å². The van der Waals surface area contributed by atoms with E-state index in [1.54, 1.807) is 6.92 Å². The third kappa shape index (κ3) is 3.29. The molecule has 100 valence electrons. The monoisotopic (exact) mass is 252 g/mol. The Hall–Kier alpha value is -1.43. The van der Waals surface area contributed by atoms with E-state index in [-0.39, 0.29) is 11.9 Å². The number of aryl methyl sites for hydroxylation is 1. The van der Waals surface area contributed by atoms with Gasteiger partial charge in [-0.2, -0.15) is 4.98 Å². The number of rotatable bonds is 4. The van der Waals surface area contributed by atoms with Crippen molar-refractivity contribution in [1.29, 1.82) is 0 Å². The van der Waals surface area contributed by atoms with Crippen LogP contribution in [-0.4, -0.2) is 28.6 Å². The summed E-state index contributed by atoms with van der Waals surface area (Å²) in [6, 6.07) is -0.0864. The van der Waals surface area contributed by atoms with E-state index in [0.29, 0.717) is 24.2 Å². The lowest BCUT2D eigenvalue weighted by molar-refractivity contribution is -0.124. The van der Waals surface area contributed by atoms with Crippen LogP contribution < -0.4 is 10.6 Å². The van der Waals surface area contributed by atoms with Gasteiger partial charge in [-0.25, -0.2) is 0 Å². The highest BCUT2D eigenvalue weighted by Gasteiger charge is 2.25. The Morgan fingerprint density at radius 2 is 2.44 bits per heavy atom. The van der Waals surface area contributed by atoms with Gasteiger partial charge in [0.2, 0.25) is 11.8 Å². The molecule has 6 nitrogen and oxygen atoms in total. The highest BCUT2D eigenvalue weighted by atomic mass is 16.5. The zero-order chi connectivity index (χ0) is 13.0. The molecule has 2 atom stereocenters. The summed E-state index contributed by atoms with van der Waals surface area (Å²) in [5.74, 6) is 1.70. The first kappa shape index (κ1) is 13.0. The van der Waals surface area contributed by atoms with Gasteiger partial charge in [0, 0.05) is 6.92 Å². The fourth-order valence-corrected chi connectivity index (χ4v) is 2.27. The number of aromatic nitrogens is 2. The summed E-state index contributed by atoms with van der Waals surface area (Å²) < 4.78 is 4.85. The number of hydrogen-bond acceptors (Lipinski definition) is 5. The topological polar surface area (TPSA) is 80.0 Å². The van der Waals surface area contributed by atoms with Crippen molar-refractivity contribution in [3.05, 3.63) is 11.7 Å². The Bertz CT molecular complexity index is 405. The molecule has 0 aromatic carbocycles. The van der Waals surface area contributed by atoms with Gasteiger partial charge in [-0.05, 0) is 25.3 Å². The fourth-order valence-electron chi connectivity index (χ4n) is 2.27. The molecule has 18 heavy (non-hydrogen) atoms. The highest BCUT2D eigenvalue weighted by Crippen LogP contribution is 2.19. The Morgan fingerprint density at radius 1 is 1.61 bits per heavy atom. The first-order chi connectivity index (χ1) is 8.69. The Morgan fingerprint density at radius 3 is 3.11 bits per heavy atom. The SMILES string of the molecule is CCC1CCNC(C(=O)NCc2noc(C)n2)C1. The molecule has 0 aliphatic carbocycles. The van der Waals surface area contributed by atoms with Crippen molar-refractivity contribution in [1.82, 2.24) is 20.8 Å². The molecule has 2 heterocycles. The van der Waals surface area contributed by atoms with Gasteiger partial charge in [0.1, 0.15) is 0 Å². The molecule has 0 spiro atoms. The van der Waals surface area contributed by atoms with Crippen LogP contribution in [0.15, 0.2) is 4.52 Å². The van der Waals surface area contributed by atoms with Crippen molar-refractivity contribution >= 4 is 5.91 Å². The molecule has 2 N–H and O–H groups in total. The molecule has 6 heteroatoms. The van der Waals surface area contributed by atoms with Crippen molar-refractivity contribution in [2.24, 2.45) is 5.92 Å². The molecule has 1 aliphatic heterocycles. The molecule has 2 unspecified atom stereocenters. The predicted molar refractivity (Wildman–Crippen MR) is 65.7 cm³/mol. The third-order valence-electron chi connectivity index (χ3n) is 3.40. The lowest BCUT2D eigenvalue weighted by Crippen LogP contribution is -2.48. The maximum atomic E-state index is 12.0. The normalized spacial score (nSPS) is 23.9. The number of carbonyl (C=O) groups is 1. The first-order valence-electron chi connectivity index (χ1n) is 6.49. The van der Waals surface area contributed by atoms with Gasteiger partial charge in [0.05, 0.1) is 12.6 Å². The summed E-state index contributed by atoms with van der Waals surface area (Å²) in [4.78, 5) is 16.0. The molecule has 0 bridgehead atoms. The van der Waals surface area contributed by atoms with Gasteiger partial charge in [-0.1, -0.05) is 18.5 Å². The standard InChI is InChI=1S/C12H20N4O2/c1-3-9-4-5-13-10(6-9)12(17)14-7-11-15-8(2)18-16-11/h9-10,13H,3-7H2,1-2H3,(H,14,17). The maximum absolute atomic E-state index is 12.0. The second kappa shape index (κ2) is 5.95. The lowest BCUT2D eigenvalue weighted by Gasteiger charge is -2.28. The Balaban J connectivity index is 1.80. The van der Waals surface area contributed by atoms with Crippen LogP contribution in [0.5, 0.6) is 0 Å². The van der Waals surface area contributed by atoms with E-state index in [0.717, 1.165) is 25.8 Å². The molecule has 1 fully saturated rings. The summed E-state index contributed by atoms with van der Waals surface area (Å²) >= 11 is 0. The van der Waals surface area contributed by atoms with Crippen LogP contribution in [-0.2, 0) is 11.3 Å². The molecule has 0 radical (unpaired) electrons. The number of nitrogens with one attached hydrogen (secondary N) is 2. The largest absolute Gasteiger partial charge is 0.347 e. The van der Waals surface area contributed by atoms with E-state index in [1.807, 2.05) is 0 Å². The molecule has 1 aromatic rings. The van der Waals surface area contributed by atoms with Crippen LogP contribution in [0, 0.1) is 12.8 Å². The van der Waals surface area contributed by atoms with Gasteiger partial charge >= 0.3 is 0 Å². The second-order valence-corrected chi connectivity index (χ2v) is 4.75. The lowest BCUT2D eigenvalue weighted by atomic mass is 9.90. The molecule has 1 amide bonds. The van der Waals surface area contributed by atoms with Gasteiger partial charge in [-0.3, -0.25) is 4.79 Å². The van der Waals surface area contributed by atoms with E-state index in [2.05, 4.69) is 27.7 Å². The highest BCUT2D eigenvalue weighted by molar-refractivity contribution is 5.81. The van der Waals surface area contributed by atoms with Gasteiger partial charge < -0.3 is 15.2 Å². The van der Waals surface area contributed by atoms with Gasteiger partial charge in [0.15, 0.2) is 5.82 Å². The molecular weight excluding hydrogens is 232 g/mol. The van der Waals surface area contributed by atoms with Gasteiger partial charge in [-0.15, -0.1) is 0 Å². The third-order valence-corrected chi connectivity index (χ3v) is 3.40. The minimum atomic E-state index is -0.0864. The first-order valence-corrected chi connectivity index (χ1v) is 6.49. The van der Waals surface area contributed by atoms with Crippen molar-refractivity contribution in [3.63, 3.8) is 0 Å². The van der Waals surface area contributed by atoms with Crippen molar-refractivity contribution < 1.29 is 9.32 Å². The molecule has 0 saturated carbocycles. The van der Waals surface area contributed by atoms with Crippen LogP contribution in [0.1, 0.15) is 37.9 Å². The molecule has 1 aromatic heterocycles. The maximum Gasteiger partial charge on any atom is 0.237 e. The molecule has 1 saturated heterocycles. The van der Waals surface area contributed by atoms with E-state index < -0.39 is 0 Å². The average molecular weight is 252 g/mol. The van der Waals surface area contributed by atoms with E-state index in [4.69, 9.17) is 4.52 Å². The van der Waals surface area contributed by atoms with Crippen LogP contribution in [0.4, 0.5) is 0 Å². The summed E-state index contributed by atoms with van der Waals surface area (Å²) in [7, 11) is 0. The summed E-state index contributed by atoms with van der Waals surface area (Å²) in [6.07, 6.45) is 3.20. The zero-order valence-corrected chi connectivity index (χ0v) is 10.9. The number of piperidine rings is 1. The summed E-state index contributed by atoms with van der Waals surface area (Å²) in [5.41, 5.74) is 0. The molecular formula is C12H20N4O2. The van der Waals surface area contributed by atoms with Crippen LogP contribution in [0.2, 0.25) is 0 Å². The van der Waals surface area contributed by atoms with E-state index in [9.17, 15) is 4.79 Å². The van der Waals surface area contributed by atoms with Crippen molar-refractivity contribution in [2.45, 2.75) is 45.7 Å². The fraction of sp³-hybridized carbons (Fsp3) is 0.750. The Labute approximate surface area is 107 Å². The zero-order valence-electron chi connectivity index (χ0n) is 10.9. The number of hydrogen-bond donors (Lipinski definition) is 2. The van der Waals surface area contributed by atoms with E-state index >= 15 is 0 Å². The number of carbonyl (C=O) groups excluding carboxylic acids is 1. The van der Waals surface area contributed by atoms with Gasteiger partial charge in [0.25, 0.3) is 0 Å². The molecule has 1 aliphatic rings. The minimum absolute atomic E-state index is 0.0237. The smallest absolute Gasteiger partial charge is 0.237 e. The second-order valence-electron chi connectivity index (χ2n) is 4.75. The quantitative estimate of drug-likeness (QED) is 0.827. The van der Waals surface area contributed by atoms with Crippen molar-refractivity contribution in [2.75, 3.05) is 6.54 Å². The summed E-state index contributed by atoms with van der Waals surface area (Å²) in [5, 5.41) is 9.83. The van der Waals surface area contributed by atoms with Crippen LogP contribution >= 0.6 is 0 Å². The predicted octanol–water partition coefficient (Wildman–Crippen LogP) is 0.772. The van der Waals surface area contributed by atoms with Crippen molar-refractivity contribution in [3.8, 4) is 0 Å².